The first-order valence-corrected chi connectivity index (χ1v) is 6.19. The molecule has 2 rings (SSSR count). The lowest BCUT2D eigenvalue weighted by molar-refractivity contribution is 0.623. The van der Waals surface area contributed by atoms with Crippen molar-refractivity contribution in [3.8, 4) is 0 Å². The molecule has 0 bridgehead atoms. The van der Waals surface area contributed by atoms with Gasteiger partial charge in [0.2, 0.25) is 0 Å². The van der Waals surface area contributed by atoms with Crippen LogP contribution in [0.15, 0.2) is 41.5 Å². The van der Waals surface area contributed by atoms with Crippen molar-refractivity contribution in [1.29, 1.82) is 0 Å². The predicted molar refractivity (Wildman–Crippen MR) is 72.6 cm³/mol. The molecule has 1 aromatic heterocycles. The molecule has 1 N–H and O–H groups in total. The monoisotopic (exact) mass is 261 g/mol. The van der Waals surface area contributed by atoms with E-state index in [9.17, 15) is 9.18 Å². The molecule has 0 spiro atoms. The summed E-state index contributed by atoms with van der Waals surface area (Å²) in [6, 6.07) is 6.09. The van der Waals surface area contributed by atoms with Crippen molar-refractivity contribution in [2.24, 2.45) is 0 Å². The third kappa shape index (κ3) is 2.99. The van der Waals surface area contributed by atoms with Crippen LogP contribution in [0.2, 0.25) is 0 Å². The van der Waals surface area contributed by atoms with E-state index in [4.69, 9.17) is 0 Å². The van der Waals surface area contributed by atoms with E-state index in [0.717, 1.165) is 5.56 Å². The Morgan fingerprint density at radius 3 is 2.95 bits per heavy atom. The van der Waals surface area contributed by atoms with E-state index in [2.05, 4.69) is 10.3 Å². The Morgan fingerprint density at radius 1 is 1.47 bits per heavy atom. The summed E-state index contributed by atoms with van der Waals surface area (Å²) in [6.45, 7) is 4.34. The Kier molecular flexibility index (Phi) is 3.94. The lowest BCUT2D eigenvalue weighted by atomic mass is 10.1. The SMILES string of the molecule is CCn1ccnc(NC(C)c2cccc(F)c2)c1=O. The number of hydrogen-bond donors (Lipinski definition) is 1. The van der Waals surface area contributed by atoms with Crippen LogP contribution in [-0.2, 0) is 6.54 Å². The van der Waals surface area contributed by atoms with Crippen LogP contribution in [0.3, 0.4) is 0 Å². The van der Waals surface area contributed by atoms with Crippen molar-refractivity contribution in [2.45, 2.75) is 26.4 Å². The number of aromatic nitrogens is 2. The van der Waals surface area contributed by atoms with Gasteiger partial charge in [-0.25, -0.2) is 9.37 Å². The molecule has 2 aromatic rings. The molecule has 19 heavy (non-hydrogen) atoms. The van der Waals surface area contributed by atoms with Gasteiger partial charge in [-0.05, 0) is 31.5 Å². The largest absolute Gasteiger partial charge is 0.359 e. The number of nitrogens with zero attached hydrogens (tertiary/aromatic N) is 2. The fourth-order valence-corrected chi connectivity index (χ4v) is 1.86. The average Bonchev–Trinajstić information content (AvgIpc) is 2.41. The van der Waals surface area contributed by atoms with Crippen LogP contribution < -0.4 is 10.9 Å². The van der Waals surface area contributed by atoms with Crippen molar-refractivity contribution < 1.29 is 4.39 Å². The first-order chi connectivity index (χ1) is 9.11. The molecule has 0 aliphatic carbocycles. The fraction of sp³-hybridized carbons (Fsp3) is 0.286. The Labute approximate surface area is 110 Å². The summed E-state index contributed by atoms with van der Waals surface area (Å²) >= 11 is 0. The molecule has 5 heteroatoms. The average molecular weight is 261 g/mol. The number of aryl methyl sites for hydroxylation is 1. The molecule has 4 nitrogen and oxygen atoms in total. The van der Waals surface area contributed by atoms with Crippen molar-refractivity contribution >= 4 is 5.82 Å². The van der Waals surface area contributed by atoms with Gasteiger partial charge in [0.1, 0.15) is 5.82 Å². The molecule has 0 fully saturated rings. The second-order valence-corrected chi connectivity index (χ2v) is 4.29. The quantitative estimate of drug-likeness (QED) is 0.920. The standard InChI is InChI=1S/C14H16FN3O/c1-3-18-8-7-16-13(14(18)19)17-10(2)11-5-4-6-12(15)9-11/h4-10H,3H2,1-2H3,(H,16,17). The maximum Gasteiger partial charge on any atom is 0.293 e. The lowest BCUT2D eigenvalue weighted by Gasteiger charge is -2.15. The highest BCUT2D eigenvalue weighted by molar-refractivity contribution is 5.35. The van der Waals surface area contributed by atoms with Crippen LogP contribution in [0.4, 0.5) is 10.2 Å². The molecule has 0 amide bonds. The summed E-state index contributed by atoms with van der Waals surface area (Å²) < 4.78 is 14.7. The van der Waals surface area contributed by atoms with Crippen molar-refractivity contribution in [3.05, 3.63) is 58.4 Å². The third-order valence-electron chi connectivity index (χ3n) is 2.96. The molecule has 0 aliphatic rings. The second-order valence-electron chi connectivity index (χ2n) is 4.29. The molecule has 0 saturated heterocycles. The Hall–Kier alpha value is -2.17. The van der Waals surface area contributed by atoms with Gasteiger partial charge >= 0.3 is 0 Å². The van der Waals surface area contributed by atoms with Crippen LogP contribution in [0, 0.1) is 5.82 Å². The minimum absolute atomic E-state index is 0.173. The molecule has 1 unspecified atom stereocenters. The molecule has 1 atom stereocenters. The zero-order valence-electron chi connectivity index (χ0n) is 10.9. The number of nitrogens with one attached hydrogen (secondary N) is 1. The van der Waals surface area contributed by atoms with Crippen LogP contribution in [0.25, 0.3) is 0 Å². The Bertz CT molecular complexity index is 624. The molecule has 1 heterocycles. The van der Waals surface area contributed by atoms with Crippen LogP contribution in [0.1, 0.15) is 25.5 Å². The number of halogens is 1. The molecular formula is C14H16FN3O. The first-order valence-electron chi connectivity index (χ1n) is 6.19. The van der Waals surface area contributed by atoms with Gasteiger partial charge in [0.15, 0.2) is 5.82 Å². The topological polar surface area (TPSA) is 46.9 Å². The number of rotatable bonds is 4. The van der Waals surface area contributed by atoms with E-state index in [1.165, 1.54) is 12.1 Å². The molecular weight excluding hydrogens is 245 g/mol. The van der Waals surface area contributed by atoms with Crippen molar-refractivity contribution in [3.63, 3.8) is 0 Å². The zero-order chi connectivity index (χ0) is 13.8. The summed E-state index contributed by atoms with van der Waals surface area (Å²) in [6.07, 6.45) is 3.21. The van der Waals surface area contributed by atoms with E-state index in [1.807, 2.05) is 19.9 Å². The smallest absolute Gasteiger partial charge is 0.293 e. The Balaban J connectivity index is 2.24. The van der Waals surface area contributed by atoms with E-state index >= 15 is 0 Å². The summed E-state index contributed by atoms with van der Waals surface area (Å²) in [5.41, 5.74) is 0.598. The van der Waals surface area contributed by atoms with Gasteiger partial charge in [-0.1, -0.05) is 12.1 Å². The number of benzene rings is 1. The van der Waals surface area contributed by atoms with Gasteiger partial charge in [-0.15, -0.1) is 0 Å². The maximum atomic E-state index is 13.2. The van der Waals surface area contributed by atoms with Crippen molar-refractivity contribution in [1.82, 2.24) is 9.55 Å². The number of anilines is 1. The highest BCUT2D eigenvalue weighted by Crippen LogP contribution is 2.16. The van der Waals surface area contributed by atoms with Crippen LogP contribution in [0.5, 0.6) is 0 Å². The normalized spacial score (nSPS) is 12.2. The van der Waals surface area contributed by atoms with Gasteiger partial charge in [0, 0.05) is 18.9 Å². The predicted octanol–water partition coefficient (Wildman–Crippen LogP) is 2.58. The summed E-state index contributed by atoms with van der Waals surface area (Å²) in [7, 11) is 0. The molecule has 0 radical (unpaired) electrons. The molecule has 0 aliphatic heterocycles. The minimum atomic E-state index is -0.293. The van der Waals surface area contributed by atoms with E-state index in [-0.39, 0.29) is 23.2 Å². The Morgan fingerprint density at radius 2 is 2.26 bits per heavy atom. The van der Waals surface area contributed by atoms with Gasteiger partial charge in [0.25, 0.3) is 5.56 Å². The first kappa shape index (κ1) is 13.3. The summed E-state index contributed by atoms with van der Waals surface area (Å²) in [4.78, 5) is 16.0. The summed E-state index contributed by atoms with van der Waals surface area (Å²) in [5, 5.41) is 3.02. The lowest BCUT2D eigenvalue weighted by Crippen LogP contribution is -2.24. The van der Waals surface area contributed by atoms with Crippen molar-refractivity contribution in [2.75, 3.05) is 5.32 Å². The second kappa shape index (κ2) is 5.65. The van der Waals surface area contributed by atoms with Crippen LogP contribution in [-0.4, -0.2) is 9.55 Å². The molecule has 0 saturated carbocycles. The highest BCUT2D eigenvalue weighted by Gasteiger charge is 2.10. The van der Waals surface area contributed by atoms with E-state index < -0.39 is 0 Å². The summed E-state index contributed by atoms with van der Waals surface area (Å²) in [5.74, 6) is -0.0146. The molecule has 100 valence electrons. The van der Waals surface area contributed by atoms with E-state index in [1.54, 1.807) is 23.0 Å². The van der Waals surface area contributed by atoms with Gasteiger partial charge < -0.3 is 9.88 Å². The van der Waals surface area contributed by atoms with Gasteiger partial charge in [-0.3, -0.25) is 4.79 Å². The fourth-order valence-electron chi connectivity index (χ4n) is 1.86. The van der Waals surface area contributed by atoms with Gasteiger partial charge in [0.05, 0.1) is 6.04 Å². The highest BCUT2D eigenvalue weighted by atomic mass is 19.1. The molecule has 1 aromatic carbocycles. The maximum absolute atomic E-state index is 13.2. The zero-order valence-corrected chi connectivity index (χ0v) is 10.9. The number of hydrogen-bond acceptors (Lipinski definition) is 3. The van der Waals surface area contributed by atoms with E-state index in [0.29, 0.717) is 6.54 Å². The van der Waals surface area contributed by atoms with Crippen LogP contribution >= 0.6 is 0 Å². The third-order valence-corrected chi connectivity index (χ3v) is 2.96. The van der Waals surface area contributed by atoms with Gasteiger partial charge in [-0.2, -0.15) is 0 Å². The minimum Gasteiger partial charge on any atom is -0.359 e.